The number of allylic oxidation sites excluding steroid dienone is 1. The molecule has 0 bridgehead atoms. The average molecular weight is 208 g/mol. The lowest BCUT2D eigenvalue weighted by Gasteiger charge is -2.12. The molecule has 2 heteroatoms. The van der Waals surface area contributed by atoms with Gasteiger partial charge in [-0.1, -0.05) is 23.7 Å². The van der Waals surface area contributed by atoms with E-state index in [4.69, 9.17) is 11.6 Å². The van der Waals surface area contributed by atoms with E-state index in [2.05, 4.69) is 30.2 Å². The summed E-state index contributed by atoms with van der Waals surface area (Å²) in [6, 6.07) is 7.98. The summed E-state index contributed by atoms with van der Waals surface area (Å²) in [6.45, 7) is 1.18. The summed E-state index contributed by atoms with van der Waals surface area (Å²) >= 11 is 5.83. The molecule has 1 aromatic carbocycles. The molecule has 0 atom stereocenters. The molecule has 1 saturated heterocycles. The van der Waals surface area contributed by atoms with Crippen LogP contribution in [-0.4, -0.2) is 18.5 Å². The van der Waals surface area contributed by atoms with Gasteiger partial charge in [-0.05, 0) is 36.6 Å². The molecule has 74 valence electrons. The summed E-state index contributed by atoms with van der Waals surface area (Å²) in [7, 11) is 2.15. The van der Waals surface area contributed by atoms with E-state index in [1.807, 2.05) is 12.1 Å². The number of benzene rings is 1. The standard InChI is InChI=1S/C12H14ClN/c1-14-8-2-3-12(14)9-10-4-6-11(13)7-5-10/h4-7,9H,2-3,8H2,1H3. The third-order valence-electron chi connectivity index (χ3n) is 2.62. The predicted octanol–water partition coefficient (Wildman–Crippen LogP) is 3.41. The minimum absolute atomic E-state index is 0.798. The predicted molar refractivity (Wildman–Crippen MR) is 61.3 cm³/mol. The number of hydrogen-bond acceptors (Lipinski definition) is 1. The Bertz CT molecular complexity index is 340. The molecule has 1 aliphatic rings. The molecule has 0 radical (unpaired) electrons. The highest BCUT2D eigenvalue weighted by Crippen LogP contribution is 2.22. The van der Waals surface area contributed by atoms with Crippen molar-refractivity contribution < 1.29 is 0 Å². The molecule has 0 unspecified atom stereocenters. The third kappa shape index (κ3) is 2.10. The van der Waals surface area contributed by atoms with Crippen LogP contribution in [0.5, 0.6) is 0 Å². The molecule has 0 aliphatic carbocycles. The largest absolute Gasteiger partial charge is 0.378 e. The highest BCUT2D eigenvalue weighted by Gasteiger charge is 2.11. The normalized spacial score (nSPS) is 19.3. The van der Waals surface area contributed by atoms with Crippen LogP contribution in [0, 0.1) is 0 Å². The number of hydrogen-bond donors (Lipinski definition) is 0. The molecule has 1 nitrogen and oxygen atoms in total. The first-order valence-electron chi connectivity index (χ1n) is 4.93. The van der Waals surface area contributed by atoms with Crippen LogP contribution in [0.2, 0.25) is 5.02 Å². The lowest BCUT2D eigenvalue weighted by molar-refractivity contribution is 0.484. The minimum Gasteiger partial charge on any atom is -0.378 e. The van der Waals surface area contributed by atoms with E-state index in [0.29, 0.717) is 0 Å². The molecular formula is C12H14ClN. The van der Waals surface area contributed by atoms with E-state index < -0.39 is 0 Å². The van der Waals surface area contributed by atoms with E-state index >= 15 is 0 Å². The van der Waals surface area contributed by atoms with Gasteiger partial charge in [-0.2, -0.15) is 0 Å². The summed E-state index contributed by atoms with van der Waals surface area (Å²) in [6.07, 6.45) is 4.71. The van der Waals surface area contributed by atoms with Gasteiger partial charge in [0.05, 0.1) is 0 Å². The number of rotatable bonds is 1. The first-order chi connectivity index (χ1) is 6.75. The maximum Gasteiger partial charge on any atom is 0.0406 e. The minimum atomic E-state index is 0.798. The lowest BCUT2D eigenvalue weighted by atomic mass is 10.2. The van der Waals surface area contributed by atoms with Crippen LogP contribution < -0.4 is 0 Å². The molecule has 0 saturated carbocycles. The lowest BCUT2D eigenvalue weighted by Crippen LogP contribution is -2.09. The van der Waals surface area contributed by atoms with Crippen LogP contribution in [-0.2, 0) is 0 Å². The Kier molecular flexibility index (Phi) is 2.78. The van der Waals surface area contributed by atoms with Gasteiger partial charge < -0.3 is 4.90 Å². The number of nitrogens with zero attached hydrogens (tertiary/aromatic N) is 1. The maximum absolute atomic E-state index is 5.83. The SMILES string of the molecule is CN1CCCC1=Cc1ccc(Cl)cc1. The number of halogens is 1. The monoisotopic (exact) mass is 207 g/mol. The van der Waals surface area contributed by atoms with Crippen LogP contribution in [0.1, 0.15) is 18.4 Å². The number of likely N-dealkylation sites (tertiary alicyclic amines) is 1. The van der Waals surface area contributed by atoms with Crippen molar-refractivity contribution in [3.05, 3.63) is 40.5 Å². The zero-order chi connectivity index (χ0) is 9.97. The van der Waals surface area contributed by atoms with Crippen LogP contribution in [0.15, 0.2) is 30.0 Å². The fourth-order valence-corrected chi connectivity index (χ4v) is 1.89. The Balaban J connectivity index is 2.20. The Morgan fingerprint density at radius 2 is 2.00 bits per heavy atom. The van der Waals surface area contributed by atoms with Crippen molar-refractivity contribution in [3.8, 4) is 0 Å². The van der Waals surface area contributed by atoms with Crippen molar-refractivity contribution in [1.82, 2.24) is 4.90 Å². The van der Waals surface area contributed by atoms with E-state index in [0.717, 1.165) is 5.02 Å². The molecule has 2 rings (SSSR count). The molecule has 0 spiro atoms. The smallest absolute Gasteiger partial charge is 0.0406 e. The Morgan fingerprint density at radius 3 is 2.57 bits per heavy atom. The maximum atomic E-state index is 5.83. The fourth-order valence-electron chi connectivity index (χ4n) is 1.77. The summed E-state index contributed by atoms with van der Waals surface area (Å²) < 4.78 is 0. The zero-order valence-electron chi connectivity index (χ0n) is 8.33. The van der Waals surface area contributed by atoms with Crippen molar-refractivity contribution >= 4 is 17.7 Å². The molecule has 14 heavy (non-hydrogen) atoms. The molecule has 1 aliphatic heterocycles. The quantitative estimate of drug-likeness (QED) is 0.682. The topological polar surface area (TPSA) is 3.24 Å². The molecule has 1 fully saturated rings. The van der Waals surface area contributed by atoms with Gasteiger partial charge in [-0.25, -0.2) is 0 Å². The Hall–Kier alpha value is -0.950. The highest BCUT2D eigenvalue weighted by atomic mass is 35.5. The van der Waals surface area contributed by atoms with E-state index in [1.54, 1.807) is 0 Å². The van der Waals surface area contributed by atoms with Crippen molar-refractivity contribution in [2.45, 2.75) is 12.8 Å². The fraction of sp³-hybridized carbons (Fsp3) is 0.333. The molecule has 0 N–H and O–H groups in total. The van der Waals surface area contributed by atoms with E-state index in [9.17, 15) is 0 Å². The van der Waals surface area contributed by atoms with E-state index in [1.165, 1.54) is 30.6 Å². The van der Waals surface area contributed by atoms with Crippen molar-refractivity contribution in [3.63, 3.8) is 0 Å². The second-order valence-corrected chi connectivity index (χ2v) is 4.15. The van der Waals surface area contributed by atoms with Crippen molar-refractivity contribution in [2.75, 3.05) is 13.6 Å². The molecule has 1 heterocycles. The Labute approximate surface area is 90.0 Å². The second-order valence-electron chi connectivity index (χ2n) is 3.71. The van der Waals surface area contributed by atoms with Gasteiger partial charge in [0, 0.05) is 24.3 Å². The molecule has 1 aromatic rings. The molecular weight excluding hydrogens is 194 g/mol. The molecule has 0 aromatic heterocycles. The molecule has 0 amide bonds. The first kappa shape index (κ1) is 9.60. The van der Waals surface area contributed by atoms with Gasteiger partial charge in [-0.3, -0.25) is 0 Å². The van der Waals surface area contributed by atoms with Gasteiger partial charge in [0.25, 0.3) is 0 Å². The average Bonchev–Trinajstić information content (AvgIpc) is 2.56. The summed E-state index contributed by atoms with van der Waals surface area (Å²) in [5.41, 5.74) is 2.66. The van der Waals surface area contributed by atoms with E-state index in [-0.39, 0.29) is 0 Å². The van der Waals surface area contributed by atoms with Crippen molar-refractivity contribution in [1.29, 1.82) is 0 Å². The summed E-state index contributed by atoms with van der Waals surface area (Å²) in [4.78, 5) is 2.31. The highest BCUT2D eigenvalue weighted by molar-refractivity contribution is 6.30. The second kappa shape index (κ2) is 4.05. The van der Waals surface area contributed by atoms with Gasteiger partial charge in [0.2, 0.25) is 0 Å². The van der Waals surface area contributed by atoms with Gasteiger partial charge in [0.15, 0.2) is 0 Å². The summed E-state index contributed by atoms with van der Waals surface area (Å²) in [5.74, 6) is 0. The van der Waals surface area contributed by atoms with Crippen LogP contribution in [0.25, 0.3) is 6.08 Å². The van der Waals surface area contributed by atoms with Gasteiger partial charge in [-0.15, -0.1) is 0 Å². The third-order valence-corrected chi connectivity index (χ3v) is 2.87. The van der Waals surface area contributed by atoms with Gasteiger partial charge in [0.1, 0.15) is 0 Å². The van der Waals surface area contributed by atoms with Gasteiger partial charge >= 0.3 is 0 Å². The summed E-state index contributed by atoms with van der Waals surface area (Å²) in [5, 5.41) is 0.798. The van der Waals surface area contributed by atoms with Crippen LogP contribution in [0.3, 0.4) is 0 Å². The Morgan fingerprint density at radius 1 is 1.29 bits per heavy atom. The van der Waals surface area contributed by atoms with Crippen LogP contribution in [0.4, 0.5) is 0 Å². The van der Waals surface area contributed by atoms with Crippen LogP contribution >= 0.6 is 11.6 Å². The first-order valence-corrected chi connectivity index (χ1v) is 5.31. The zero-order valence-corrected chi connectivity index (χ0v) is 9.09. The van der Waals surface area contributed by atoms with Crippen molar-refractivity contribution in [2.24, 2.45) is 0 Å².